The van der Waals surface area contributed by atoms with Gasteiger partial charge in [0.25, 0.3) is 0 Å². The van der Waals surface area contributed by atoms with Crippen LogP contribution in [0.3, 0.4) is 0 Å². The maximum atomic E-state index is 4.73. The molecule has 3 aromatic rings. The molecule has 3 aromatic heterocycles. The molecule has 0 aromatic carbocycles. The number of hydrogen-bond donors (Lipinski definition) is 2. The highest BCUT2D eigenvalue weighted by molar-refractivity contribution is 5.60. The highest BCUT2D eigenvalue weighted by Crippen LogP contribution is 2.20. The first-order chi connectivity index (χ1) is 11.3. The summed E-state index contributed by atoms with van der Waals surface area (Å²) in [5.41, 5.74) is 2.68. The van der Waals surface area contributed by atoms with Crippen molar-refractivity contribution < 1.29 is 0 Å². The third-order valence-electron chi connectivity index (χ3n) is 4.41. The average molecular weight is 308 g/mol. The van der Waals surface area contributed by atoms with Gasteiger partial charge in [-0.15, -0.1) is 0 Å². The molecule has 1 aliphatic heterocycles. The molecule has 4 heterocycles. The minimum atomic E-state index is 0.385. The molecular formula is C17H20N6. The molecule has 0 aliphatic carbocycles. The van der Waals surface area contributed by atoms with Crippen LogP contribution in [0.4, 0.5) is 5.82 Å². The van der Waals surface area contributed by atoms with Gasteiger partial charge in [0.1, 0.15) is 17.2 Å². The summed E-state index contributed by atoms with van der Waals surface area (Å²) >= 11 is 0. The maximum Gasteiger partial charge on any atom is 0.145 e. The summed E-state index contributed by atoms with van der Waals surface area (Å²) in [6.45, 7) is 3.30. The van der Waals surface area contributed by atoms with Crippen molar-refractivity contribution in [2.75, 3.05) is 11.9 Å². The van der Waals surface area contributed by atoms with Crippen molar-refractivity contribution in [3.05, 3.63) is 43.0 Å². The van der Waals surface area contributed by atoms with Crippen LogP contribution in [0.5, 0.6) is 0 Å². The maximum absolute atomic E-state index is 4.73. The Morgan fingerprint density at radius 1 is 1.26 bits per heavy atom. The van der Waals surface area contributed by atoms with E-state index in [-0.39, 0.29) is 0 Å². The van der Waals surface area contributed by atoms with Crippen LogP contribution in [0, 0.1) is 0 Å². The Hall–Kier alpha value is -2.47. The molecule has 2 N–H and O–H groups in total. The lowest BCUT2D eigenvalue weighted by Crippen LogP contribution is -2.46. The Morgan fingerprint density at radius 2 is 2.22 bits per heavy atom. The molecule has 1 saturated heterocycles. The number of nitrogens with one attached hydrogen (secondary N) is 2. The Bertz CT molecular complexity index is 811. The fraction of sp³-hybridized carbons (Fsp3) is 0.353. The monoisotopic (exact) mass is 308 g/mol. The van der Waals surface area contributed by atoms with Gasteiger partial charge in [-0.25, -0.2) is 9.97 Å². The standard InChI is InChI=1S/C17H20N6/c1-12-13(5-4-7-19-12)21-16-11-18-9-14(22-16)15-10-20-17-6-2-3-8-23(15)17/h2-3,6,8-13,19H,4-5,7H2,1H3,(H,21,22)/t12-,13-/m1/s1. The molecule has 23 heavy (non-hydrogen) atoms. The fourth-order valence-corrected chi connectivity index (χ4v) is 3.11. The number of nitrogens with zero attached hydrogens (tertiary/aromatic N) is 4. The molecule has 118 valence electrons. The summed E-state index contributed by atoms with van der Waals surface area (Å²) in [6.07, 6.45) is 9.73. The third kappa shape index (κ3) is 2.77. The van der Waals surface area contributed by atoms with Crippen LogP contribution in [0.1, 0.15) is 19.8 Å². The molecule has 0 spiro atoms. The smallest absolute Gasteiger partial charge is 0.145 e. The van der Waals surface area contributed by atoms with E-state index in [1.165, 1.54) is 6.42 Å². The van der Waals surface area contributed by atoms with E-state index in [4.69, 9.17) is 4.98 Å². The second kappa shape index (κ2) is 5.96. The predicted molar refractivity (Wildman–Crippen MR) is 90.3 cm³/mol. The van der Waals surface area contributed by atoms with Crippen LogP contribution in [0.25, 0.3) is 17.0 Å². The molecule has 0 saturated carbocycles. The van der Waals surface area contributed by atoms with Crippen molar-refractivity contribution >= 4 is 11.5 Å². The number of piperidine rings is 1. The lowest BCUT2D eigenvalue weighted by molar-refractivity contribution is 0.388. The molecule has 0 amide bonds. The first-order valence-corrected chi connectivity index (χ1v) is 8.06. The van der Waals surface area contributed by atoms with Gasteiger partial charge in [0.05, 0.1) is 24.3 Å². The van der Waals surface area contributed by atoms with Gasteiger partial charge >= 0.3 is 0 Å². The van der Waals surface area contributed by atoms with Gasteiger partial charge in [-0.3, -0.25) is 9.38 Å². The highest BCUT2D eigenvalue weighted by Gasteiger charge is 2.21. The average Bonchev–Trinajstić information content (AvgIpc) is 3.01. The normalized spacial score (nSPS) is 21.4. The summed E-state index contributed by atoms with van der Waals surface area (Å²) in [5, 5.41) is 7.01. The zero-order chi connectivity index (χ0) is 15.6. The summed E-state index contributed by atoms with van der Waals surface area (Å²) < 4.78 is 2.03. The van der Waals surface area contributed by atoms with Gasteiger partial charge in [0, 0.05) is 18.3 Å². The second-order valence-corrected chi connectivity index (χ2v) is 6.00. The topological polar surface area (TPSA) is 67.1 Å². The molecule has 0 radical (unpaired) electrons. The Balaban J connectivity index is 1.63. The summed E-state index contributed by atoms with van der Waals surface area (Å²) in [7, 11) is 0. The fourth-order valence-electron chi connectivity index (χ4n) is 3.11. The zero-order valence-electron chi connectivity index (χ0n) is 13.1. The van der Waals surface area contributed by atoms with E-state index in [1.807, 2.05) is 35.0 Å². The number of anilines is 1. The molecule has 2 atom stereocenters. The predicted octanol–water partition coefficient (Wildman–Crippen LogP) is 2.34. The van der Waals surface area contributed by atoms with Gasteiger partial charge in [0.2, 0.25) is 0 Å². The number of rotatable bonds is 3. The van der Waals surface area contributed by atoms with E-state index in [1.54, 1.807) is 12.4 Å². The van der Waals surface area contributed by atoms with Crippen molar-refractivity contribution in [1.29, 1.82) is 0 Å². The molecule has 0 unspecified atom stereocenters. The van der Waals surface area contributed by atoms with Gasteiger partial charge in [-0.1, -0.05) is 6.07 Å². The third-order valence-corrected chi connectivity index (χ3v) is 4.41. The Morgan fingerprint density at radius 3 is 3.13 bits per heavy atom. The molecule has 6 heteroatoms. The zero-order valence-corrected chi connectivity index (χ0v) is 13.1. The van der Waals surface area contributed by atoms with Gasteiger partial charge < -0.3 is 10.6 Å². The largest absolute Gasteiger partial charge is 0.364 e. The summed E-state index contributed by atoms with van der Waals surface area (Å²) in [5.74, 6) is 0.814. The van der Waals surface area contributed by atoms with Crippen molar-refractivity contribution in [1.82, 2.24) is 24.7 Å². The van der Waals surface area contributed by atoms with Crippen LogP contribution < -0.4 is 10.6 Å². The lowest BCUT2D eigenvalue weighted by Gasteiger charge is -2.30. The Labute approximate surface area is 135 Å². The molecule has 0 bridgehead atoms. The number of imidazole rings is 1. The van der Waals surface area contributed by atoms with Crippen molar-refractivity contribution in [2.45, 2.75) is 31.8 Å². The van der Waals surface area contributed by atoms with E-state index in [0.717, 1.165) is 35.8 Å². The van der Waals surface area contributed by atoms with Gasteiger partial charge in [0.15, 0.2) is 0 Å². The van der Waals surface area contributed by atoms with Crippen molar-refractivity contribution in [3.63, 3.8) is 0 Å². The minimum Gasteiger partial charge on any atom is -0.364 e. The van der Waals surface area contributed by atoms with E-state index in [0.29, 0.717) is 12.1 Å². The van der Waals surface area contributed by atoms with Crippen LogP contribution in [-0.4, -0.2) is 38.0 Å². The van der Waals surface area contributed by atoms with Crippen LogP contribution in [-0.2, 0) is 0 Å². The molecule has 1 aliphatic rings. The van der Waals surface area contributed by atoms with E-state index in [9.17, 15) is 0 Å². The lowest BCUT2D eigenvalue weighted by atomic mass is 10.00. The minimum absolute atomic E-state index is 0.385. The SMILES string of the molecule is C[C@H]1NCCC[C@H]1Nc1cncc(-c2cnc3ccccn23)n1. The van der Waals surface area contributed by atoms with E-state index in [2.05, 4.69) is 27.5 Å². The number of hydrogen-bond acceptors (Lipinski definition) is 5. The molecule has 6 nitrogen and oxygen atoms in total. The van der Waals surface area contributed by atoms with Crippen LogP contribution in [0.15, 0.2) is 43.0 Å². The number of fused-ring (bicyclic) bond motifs is 1. The Kier molecular flexibility index (Phi) is 3.67. The number of aromatic nitrogens is 4. The molecular weight excluding hydrogens is 288 g/mol. The van der Waals surface area contributed by atoms with Gasteiger partial charge in [-0.2, -0.15) is 0 Å². The first kappa shape index (κ1) is 14.1. The van der Waals surface area contributed by atoms with Crippen molar-refractivity contribution in [3.8, 4) is 11.4 Å². The van der Waals surface area contributed by atoms with Gasteiger partial charge in [-0.05, 0) is 38.4 Å². The molecule has 4 rings (SSSR count). The summed E-state index contributed by atoms with van der Waals surface area (Å²) in [6, 6.07) is 6.77. The van der Waals surface area contributed by atoms with Crippen molar-refractivity contribution in [2.24, 2.45) is 0 Å². The van der Waals surface area contributed by atoms with E-state index >= 15 is 0 Å². The summed E-state index contributed by atoms with van der Waals surface area (Å²) in [4.78, 5) is 13.5. The first-order valence-electron chi connectivity index (χ1n) is 8.06. The van der Waals surface area contributed by atoms with E-state index < -0.39 is 0 Å². The number of pyridine rings is 1. The molecule has 1 fully saturated rings. The van der Waals surface area contributed by atoms with Crippen LogP contribution in [0.2, 0.25) is 0 Å². The second-order valence-electron chi connectivity index (χ2n) is 6.00. The quantitative estimate of drug-likeness (QED) is 0.777. The highest BCUT2D eigenvalue weighted by atomic mass is 15.1. The van der Waals surface area contributed by atoms with Crippen LogP contribution >= 0.6 is 0 Å².